The molecule has 2 aromatic rings. The number of hydrogen-bond donors (Lipinski definition) is 1. The number of aryl methyl sites for hydroxylation is 1. The van der Waals surface area contributed by atoms with Crippen LogP contribution in [0.4, 0.5) is 5.82 Å². The van der Waals surface area contributed by atoms with E-state index in [0.717, 1.165) is 33.7 Å². The molecule has 106 valence electrons. The Kier molecular flexibility index (Phi) is 4.72. The first-order valence-corrected chi connectivity index (χ1v) is 8.06. The summed E-state index contributed by atoms with van der Waals surface area (Å²) >= 11 is 10.3. The fourth-order valence-corrected chi connectivity index (χ4v) is 3.65. The number of thiocarbonyl (C=S) groups is 1. The van der Waals surface area contributed by atoms with E-state index in [1.54, 1.807) is 11.3 Å². The van der Waals surface area contributed by atoms with Gasteiger partial charge in [0.05, 0.1) is 17.8 Å². The Morgan fingerprint density at radius 3 is 2.70 bits per heavy atom. The molecule has 0 aromatic carbocycles. The van der Waals surface area contributed by atoms with Crippen LogP contribution >= 0.6 is 39.5 Å². The molecule has 0 spiro atoms. The summed E-state index contributed by atoms with van der Waals surface area (Å²) in [5.74, 6) is 0.727. The summed E-state index contributed by atoms with van der Waals surface area (Å²) in [6.07, 6.45) is 0. The Labute approximate surface area is 136 Å². The van der Waals surface area contributed by atoms with E-state index in [2.05, 4.69) is 37.6 Å². The molecule has 0 aliphatic carbocycles. The fraction of sp³-hybridized carbons (Fsp3) is 0.308. The quantitative estimate of drug-likeness (QED) is 0.837. The maximum absolute atomic E-state index is 5.85. The van der Waals surface area contributed by atoms with Crippen LogP contribution in [-0.2, 0) is 6.54 Å². The highest BCUT2D eigenvalue weighted by molar-refractivity contribution is 9.10. The van der Waals surface area contributed by atoms with E-state index in [9.17, 15) is 0 Å². The normalized spacial score (nSPS) is 10.6. The highest BCUT2D eigenvalue weighted by atomic mass is 79.9. The van der Waals surface area contributed by atoms with Crippen LogP contribution in [0, 0.1) is 13.8 Å². The van der Waals surface area contributed by atoms with Crippen molar-refractivity contribution in [3.05, 3.63) is 37.6 Å². The second kappa shape index (κ2) is 6.15. The highest BCUT2D eigenvalue weighted by Gasteiger charge is 2.17. The lowest BCUT2D eigenvalue weighted by Crippen LogP contribution is -2.24. The average molecular weight is 371 g/mol. The summed E-state index contributed by atoms with van der Waals surface area (Å²) in [5.41, 5.74) is 8.50. The molecule has 2 N–H and O–H groups in total. The van der Waals surface area contributed by atoms with Crippen molar-refractivity contribution in [1.82, 2.24) is 10.2 Å². The number of aromatic nitrogens is 2. The summed E-state index contributed by atoms with van der Waals surface area (Å²) in [4.78, 5) is 3.61. The predicted octanol–water partition coefficient (Wildman–Crippen LogP) is 3.19. The van der Waals surface area contributed by atoms with Crippen molar-refractivity contribution >= 4 is 50.3 Å². The van der Waals surface area contributed by atoms with Crippen molar-refractivity contribution in [2.45, 2.75) is 20.4 Å². The van der Waals surface area contributed by atoms with Crippen molar-refractivity contribution < 1.29 is 0 Å². The molecule has 0 aliphatic rings. The lowest BCUT2D eigenvalue weighted by atomic mass is 10.1. The molecule has 0 saturated carbocycles. The lowest BCUT2D eigenvalue weighted by Gasteiger charge is -2.21. The summed E-state index contributed by atoms with van der Waals surface area (Å²) in [6.45, 7) is 4.62. The van der Waals surface area contributed by atoms with Gasteiger partial charge < -0.3 is 10.6 Å². The Hall–Kier alpha value is -1.05. The highest BCUT2D eigenvalue weighted by Crippen LogP contribution is 2.25. The number of halogens is 1. The van der Waals surface area contributed by atoms with Crippen LogP contribution in [0.5, 0.6) is 0 Å². The summed E-state index contributed by atoms with van der Waals surface area (Å²) in [5, 5.41) is 10.5. The van der Waals surface area contributed by atoms with Gasteiger partial charge in [0.2, 0.25) is 0 Å². The van der Waals surface area contributed by atoms with Crippen molar-refractivity contribution in [3.8, 4) is 0 Å². The van der Waals surface area contributed by atoms with Gasteiger partial charge in [-0.2, -0.15) is 5.10 Å². The Morgan fingerprint density at radius 2 is 2.15 bits per heavy atom. The van der Waals surface area contributed by atoms with E-state index in [1.165, 1.54) is 4.88 Å². The minimum Gasteiger partial charge on any atom is -0.389 e. The van der Waals surface area contributed by atoms with Gasteiger partial charge in [-0.25, -0.2) is 0 Å². The van der Waals surface area contributed by atoms with Gasteiger partial charge in [-0.05, 0) is 41.4 Å². The second-order valence-electron chi connectivity index (χ2n) is 4.56. The maximum atomic E-state index is 5.85. The smallest absolute Gasteiger partial charge is 0.161 e. The molecule has 0 fully saturated rings. The van der Waals surface area contributed by atoms with Gasteiger partial charge in [-0.1, -0.05) is 12.2 Å². The van der Waals surface area contributed by atoms with Gasteiger partial charge in [-0.15, -0.1) is 16.4 Å². The zero-order valence-electron chi connectivity index (χ0n) is 11.5. The first-order chi connectivity index (χ1) is 9.40. The van der Waals surface area contributed by atoms with Crippen molar-refractivity contribution in [2.24, 2.45) is 5.73 Å². The zero-order chi connectivity index (χ0) is 14.9. The molecule has 0 unspecified atom stereocenters. The van der Waals surface area contributed by atoms with E-state index < -0.39 is 0 Å². The molecule has 0 atom stereocenters. The third-order valence-electron chi connectivity index (χ3n) is 3.06. The number of hydrogen-bond acceptors (Lipinski definition) is 5. The van der Waals surface area contributed by atoms with Gasteiger partial charge >= 0.3 is 0 Å². The number of rotatable bonds is 4. The number of anilines is 1. The van der Waals surface area contributed by atoms with Crippen LogP contribution in [0.2, 0.25) is 0 Å². The van der Waals surface area contributed by atoms with Crippen molar-refractivity contribution in [3.63, 3.8) is 0 Å². The molecule has 4 nitrogen and oxygen atoms in total. The minimum absolute atomic E-state index is 0.356. The molecular weight excluding hydrogens is 356 g/mol. The molecule has 0 amide bonds. The van der Waals surface area contributed by atoms with Gasteiger partial charge in [0.25, 0.3) is 0 Å². The largest absolute Gasteiger partial charge is 0.389 e. The molecule has 0 aliphatic heterocycles. The molecule has 20 heavy (non-hydrogen) atoms. The molecule has 2 aromatic heterocycles. The standard InChI is InChI=1S/C13H15BrN4S2/c1-7-8(2)16-17-13(11(7)12(15)19)18(3)5-10-4-9(14)6-20-10/h4,6H,5H2,1-3H3,(H2,15,19). The first kappa shape index (κ1) is 15.3. The van der Waals surface area contributed by atoms with Crippen LogP contribution in [0.3, 0.4) is 0 Å². The zero-order valence-corrected chi connectivity index (χ0v) is 14.7. The molecular formula is C13H15BrN4S2. The molecule has 7 heteroatoms. The molecule has 2 heterocycles. The van der Waals surface area contributed by atoms with Crippen molar-refractivity contribution in [2.75, 3.05) is 11.9 Å². The fourth-order valence-electron chi connectivity index (χ4n) is 1.90. The van der Waals surface area contributed by atoms with Crippen LogP contribution in [-0.4, -0.2) is 22.2 Å². The Bertz CT molecular complexity index is 654. The third kappa shape index (κ3) is 3.16. The van der Waals surface area contributed by atoms with E-state index in [1.807, 2.05) is 25.8 Å². The van der Waals surface area contributed by atoms with E-state index in [0.29, 0.717) is 4.99 Å². The van der Waals surface area contributed by atoms with Crippen molar-refractivity contribution in [1.29, 1.82) is 0 Å². The Balaban J connectivity index is 2.36. The minimum atomic E-state index is 0.356. The average Bonchev–Trinajstić information content (AvgIpc) is 2.77. The van der Waals surface area contributed by atoms with Crippen LogP contribution in [0.25, 0.3) is 0 Å². The summed E-state index contributed by atoms with van der Waals surface area (Å²) < 4.78 is 1.09. The summed E-state index contributed by atoms with van der Waals surface area (Å²) in [6, 6.07) is 2.09. The predicted molar refractivity (Wildman–Crippen MR) is 91.5 cm³/mol. The van der Waals surface area contributed by atoms with Gasteiger partial charge in [0.15, 0.2) is 5.82 Å². The second-order valence-corrected chi connectivity index (χ2v) is 6.91. The monoisotopic (exact) mass is 370 g/mol. The van der Waals surface area contributed by atoms with Gasteiger partial charge in [0, 0.05) is 21.8 Å². The maximum Gasteiger partial charge on any atom is 0.161 e. The Morgan fingerprint density at radius 1 is 1.45 bits per heavy atom. The number of nitrogens with zero attached hydrogens (tertiary/aromatic N) is 3. The third-order valence-corrected chi connectivity index (χ3v) is 4.95. The molecule has 0 bridgehead atoms. The van der Waals surface area contributed by atoms with Gasteiger partial charge in [0.1, 0.15) is 4.99 Å². The van der Waals surface area contributed by atoms with Crippen LogP contribution < -0.4 is 10.6 Å². The number of nitrogens with two attached hydrogens (primary N) is 1. The molecule has 0 radical (unpaired) electrons. The van der Waals surface area contributed by atoms with Gasteiger partial charge in [-0.3, -0.25) is 0 Å². The topological polar surface area (TPSA) is 55.0 Å². The van der Waals surface area contributed by atoms with E-state index in [4.69, 9.17) is 18.0 Å². The number of thiophene rings is 1. The molecule has 0 saturated heterocycles. The summed E-state index contributed by atoms with van der Waals surface area (Å²) in [7, 11) is 1.97. The van der Waals surface area contributed by atoms with Crippen LogP contribution in [0.1, 0.15) is 21.7 Å². The molecule has 2 rings (SSSR count). The SMILES string of the molecule is Cc1nnc(N(C)Cc2cc(Br)cs2)c(C(N)=S)c1C. The van der Waals surface area contributed by atoms with E-state index >= 15 is 0 Å². The van der Waals surface area contributed by atoms with E-state index in [-0.39, 0.29) is 0 Å². The van der Waals surface area contributed by atoms with Crippen LogP contribution in [0.15, 0.2) is 15.9 Å². The first-order valence-electron chi connectivity index (χ1n) is 5.98. The lowest BCUT2D eigenvalue weighted by molar-refractivity contribution is 0.856.